The van der Waals surface area contributed by atoms with E-state index in [1.165, 1.54) is 27.7 Å². The molecule has 2 rings (SSSR count). The van der Waals surface area contributed by atoms with E-state index >= 15 is 0 Å². The van der Waals surface area contributed by atoms with Gasteiger partial charge in [-0.2, -0.15) is 0 Å². The summed E-state index contributed by atoms with van der Waals surface area (Å²) in [5.74, 6) is 0. The molecule has 1 aromatic carbocycles. The largest absolute Gasteiger partial charge is 0.310 e. The molecule has 2 heteroatoms. The summed E-state index contributed by atoms with van der Waals surface area (Å²) in [4.78, 5) is 0. The van der Waals surface area contributed by atoms with Crippen molar-refractivity contribution in [3.8, 4) is 0 Å². The number of benzene rings is 1. The maximum Gasteiger partial charge on any atom is 0.0332 e. The normalized spacial score (nSPS) is 21.2. The third-order valence-electron chi connectivity index (χ3n) is 2.68. The van der Waals surface area contributed by atoms with Crippen molar-refractivity contribution in [2.75, 3.05) is 6.54 Å². The van der Waals surface area contributed by atoms with Gasteiger partial charge >= 0.3 is 0 Å². The highest BCUT2D eigenvalue weighted by Crippen LogP contribution is 2.25. The van der Waals surface area contributed by atoms with Crippen molar-refractivity contribution in [3.63, 3.8) is 0 Å². The van der Waals surface area contributed by atoms with Crippen molar-refractivity contribution in [3.05, 3.63) is 32.9 Å². The first-order valence-electron chi connectivity index (χ1n) is 4.83. The average Bonchev–Trinajstić information content (AvgIpc) is 2.05. The lowest BCUT2D eigenvalue weighted by atomic mass is 9.96. The van der Waals surface area contributed by atoms with E-state index in [0.717, 1.165) is 6.42 Å². The van der Waals surface area contributed by atoms with Gasteiger partial charge in [0, 0.05) is 9.61 Å². The zero-order valence-electron chi connectivity index (χ0n) is 7.81. The highest BCUT2D eigenvalue weighted by molar-refractivity contribution is 14.1. The SMILES string of the molecule is CCc1cc([C@H]2CCN2)ccc1I. The van der Waals surface area contributed by atoms with Crippen molar-refractivity contribution in [1.29, 1.82) is 0 Å². The molecule has 1 aromatic rings. The molecule has 0 bridgehead atoms. The zero-order chi connectivity index (χ0) is 9.26. The molecule has 1 atom stereocenters. The zero-order valence-corrected chi connectivity index (χ0v) is 9.97. The first-order valence-corrected chi connectivity index (χ1v) is 5.91. The Kier molecular flexibility index (Phi) is 2.89. The molecule has 13 heavy (non-hydrogen) atoms. The van der Waals surface area contributed by atoms with Crippen LogP contribution in [0.25, 0.3) is 0 Å². The molecule has 1 heterocycles. The molecule has 1 fully saturated rings. The summed E-state index contributed by atoms with van der Waals surface area (Å²) in [5, 5.41) is 3.43. The Bertz CT molecular complexity index is 305. The molecule has 0 unspecified atom stereocenters. The Balaban J connectivity index is 2.26. The van der Waals surface area contributed by atoms with Gasteiger partial charge in [-0.25, -0.2) is 0 Å². The van der Waals surface area contributed by atoms with E-state index in [0.29, 0.717) is 6.04 Å². The minimum Gasteiger partial charge on any atom is -0.310 e. The Labute approximate surface area is 93.1 Å². The molecule has 0 aromatic heterocycles. The molecule has 0 spiro atoms. The second-order valence-corrected chi connectivity index (χ2v) is 4.66. The van der Waals surface area contributed by atoms with Gasteiger partial charge in [0.15, 0.2) is 0 Å². The van der Waals surface area contributed by atoms with Crippen LogP contribution in [0.2, 0.25) is 0 Å². The molecule has 1 aliphatic rings. The average molecular weight is 287 g/mol. The molecule has 1 N–H and O–H groups in total. The van der Waals surface area contributed by atoms with Crippen molar-refractivity contribution in [1.82, 2.24) is 5.32 Å². The van der Waals surface area contributed by atoms with E-state index < -0.39 is 0 Å². The lowest BCUT2D eigenvalue weighted by molar-refractivity contribution is 0.383. The lowest BCUT2D eigenvalue weighted by Gasteiger charge is -2.28. The Morgan fingerprint density at radius 2 is 2.31 bits per heavy atom. The molecule has 1 nitrogen and oxygen atoms in total. The fourth-order valence-corrected chi connectivity index (χ4v) is 2.37. The topological polar surface area (TPSA) is 12.0 Å². The van der Waals surface area contributed by atoms with Gasteiger partial charge < -0.3 is 5.32 Å². The summed E-state index contributed by atoms with van der Waals surface area (Å²) >= 11 is 2.41. The van der Waals surface area contributed by atoms with Crippen LogP contribution in [0.4, 0.5) is 0 Å². The first kappa shape index (κ1) is 9.46. The third kappa shape index (κ3) is 1.89. The van der Waals surface area contributed by atoms with Crippen LogP contribution in [0.3, 0.4) is 0 Å². The van der Waals surface area contributed by atoms with Crippen LogP contribution in [0.5, 0.6) is 0 Å². The fraction of sp³-hybridized carbons (Fsp3) is 0.455. The van der Waals surface area contributed by atoms with E-state index in [9.17, 15) is 0 Å². The van der Waals surface area contributed by atoms with Crippen molar-refractivity contribution in [2.45, 2.75) is 25.8 Å². The molecule has 70 valence electrons. The third-order valence-corrected chi connectivity index (χ3v) is 3.73. The molecular weight excluding hydrogens is 273 g/mol. The highest BCUT2D eigenvalue weighted by Gasteiger charge is 2.18. The predicted octanol–water partition coefficient (Wildman–Crippen LogP) is 2.89. The summed E-state index contributed by atoms with van der Waals surface area (Å²) < 4.78 is 1.39. The van der Waals surface area contributed by atoms with E-state index in [1.807, 2.05) is 0 Å². The fourth-order valence-electron chi connectivity index (χ4n) is 1.66. The summed E-state index contributed by atoms with van der Waals surface area (Å²) in [6, 6.07) is 7.45. The van der Waals surface area contributed by atoms with E-state index in [4.69, 9.17) is 0 Å². The quantitative estimate of drug-likeness (QED) is 0.825. The lowest BCUT2D eigenvalue weighted by Crippen LogP contribution is -2.34. The molecule has 0 aliphatic carbocycles. The Hall–Kier alpha value is -0.0900. The Morgan fingerprint density at radius 3 is 2.85 bits per heavy atom. The first-order chi connectivity index (χ1) is 6.31. The van der Waals surface area contributed by atoms with E-state index in [1.54, 1.807) is 0 Å². The summed E-state index contributed by atoms with van der Waals surface area (Å²) in [6.07, 6.45) is 2.43. The molecule has 0 amide bonds. The number of nitrogens with one attached hydrogen (secondary N) is 1. The van der Waals surface area contributed by atoms with Crippen LogP contribution in [0.1, 0.15) is 30.5 Å². The van der Waals surface area contributed by atoms with Gasteiger partial charge in [0.25, 0.3) is 0 Å². The second-order valence-electron chi connectivity index (χ2n) is 3.50. The van der Waals surface area contributed by atoms with Crippen molar-refractivity contribution in [2.24, 2.45) is 0 Å². The maximum atomic E-state index is 3.43. The Morgan fingerprint density at radius 1 is 1.54 bits per heavy atom. The number of hydrogen-bond donors (Lipinski definition) is 1. The predicted molar refractivity (Wildman–Crippen MR) is 63.9 cm³/mol. The van der Waals surface area contributed by atoms with Gasteiger partial charge in [0.1, 0.15) is 0 Å². The standard InChI is InChI=1S/C11H14IN/c1-2-8-7-9(3-4-10(8)12)11-5-6-13-11/h3-4,7,11,13H,2,5-6H2,1H3/t11-/m1/s1. The monoisotopic (exact) mass is 287 g/mol. The number of rotatable bonds is 2. The van der Waals surface area contributed by atoms with Crippen molar-refractivity contribution < 1.29 is 0 Å². The van der Waals surface area contributed by atoms with Crippen LogP contribution >= 0.6 is 22.6 Å². The van der Waals surface area contributed by atoms with Crippen LogP contribution in [0.15, 0.2) is 18.2 Å². The molecule has 1 saturated heterocycles. The number of halogens is 1. The number of aryl methyl sites for hydroxylation is 1. The van der Waals surface area contributed by atoms with Gasteiger partial charge in [-0.05, 0) is 59.2 Å². The highest BCUT2D eigenvalue weighted by atomic mass is 127. The smallest absolute Gasteiger partial charge is 0.0332 e. The van der Waals surface area contributed by atoms with Gasteiger partial charge in [0.2, 0.25) is 0 Å². The minimum absolute atomic E-state index is 0.627. The van der Waals surface area contributed by atoms with E-state index in [2.05, 4.69) is 53.0 Å². The second kappa shape index (κ2) is 3.96. The van der Waals surface area contributed by atoms with Gasteiger partial charge in [-0.3, -0.25) is 0 Å². The van der Waals surface area contributed by atoms with Crippen LogP contribution in [-0.4, -0.2) is 6.54 Å². The molecule has 0 radical (unpaired) electrons. The van der Waals surface area contributed by atoms with Crippen LogP contribution in [-0.2, 0) is 6.42 Å². The van der Waals surface area contributed by atoms with Gasteiger partial charge in [-0.1, -0.05) is 19.1 Å². The summed E-state index contributed by atoms with van der Waals surface area (Å²) in [7, 11) is 0. The van der Waals surface area contributed by atoms with Gasteiger partial charge in [0.05, 0.1) is 0 Å². The molecule has 0 saturated carbocycles. The van der Waals surface area contributed by atoms with E-state index in [-0.39, 0.29) is 0 Å². The maximum absolute atomic E-state index is 3.43. The minimum atomic E-state index is 0.627. The number of hydrogen-bond acceptors (Lipinski definition) is 1. The van der Waals surface area contributed by atoms with Gasteiger partial charge in [-0.15, -0.1) is 0 Å². The molecule has 1 aliphatic heterocycles. The molecular formula is C11H14IN. The van der Waals surface area contributed by atoms with Crippen LogP contribution in [0, 0.1) is 3.57 Å². The van der Waals surface area contributed by atoms with Crippen LogP contribution < -0.4 is 5.32 Å². The van der Waals surface area contributed by atoms with Crippen molar-refractivity contribution >= 4 is 22.6 Å². The summed E-state index contributed by atoms with van der Waals surface area (Å²) in [6.45, 7) is 3.40. The summed E-state index contributed by atoms with van der Waals surface area (Å²) in [5.41, 5.74) is 2.94.